The van der Waals surface area contributed by atoms with E-state index in [0.717, 1.165) is 41.0 Å². The minimum absolute atomic E-state index is 0.149. The first-order valence-electron chi connectivity index (χ1n) is 23.6. The van der Waals surface area contributed by atoms with Crippen LogP contribution in [-0.2, 0) is 40.3 Å². The Hall–Kier alpha value is -8.72. The highest BCUT2D eigenvalue weighted by Crippen LogP contribution is 2.40. The van der Waals surface area contributed by atoms with Crippen molar-refractivity contribution in [1.82, 2.24) is 73.2 Å². The van der Waals surface area contributed by atoms with Gasteiger partial charge in [-0.25, -0.2) is 23.7 Å². The summed E-state index contributed by atoms with van der Waals surface area (Å²) in [4.78, 5) is 14.6. The van der Waals surface area contributed by atoms with Gasteiger partial charge in [-0.05, 0) is 61.9 Å². The number of anilines is 6. The number of para-hydroxylation sites is 2. The van der Waals surface area contributed by atoms with E-state index < -0.39 is 11.9 Å². The maximum atomic E-state index is 14.7. The van der Waals surface area contributed by atoms with Gasteiger partial charge in [-0.15, -0.1) is 20.4 Å². The fourth-order valence-corrected chi connectivity index (χ4v) is 9.74. The molecule has 19 nitrogen and oxygen atoms in total. The minimum atomic E-state index is -0.580. The van der Waals surface area contributed by atoms with Gasteiger partial charge in [0.15, 0.2) is 35.1 Å². The van der Waals surface area contributed by atoms with Gasteiger partial charge >= 0.3 is 0 Å². The van der Waals surface area contributed by atoms with E-state index in [-0.39, 0.29) is 17.0 Å². The van der Waals surface area contributed by atoms with Crippen LogP contribution in [-0.4, -0.2) is 73.2 Å². The Morgan fingerprint density at radius 3 is 2.29 bits per heavy atom. The molecule has 12 rings (SSSR count). The maximum Gasteiger partial charge on any atom is 0.229 e. The van der Waals surface area contributed by atoms with Crippen molar-refractivity contribution in [3.05, 3.63) is 132 Å². The van der Waals surface area contributed by atoms with Crippen molar-refractivity contribution in [3.63, 3.8) is 0 Å². The molecule has 1 atom stereocenters. The second-order valence-corrected chi connectivity index (χ2v) is 19.4. The number of aryl methyl sites for hydroxylation is 3. The highest BCUT2D eigenvalue weighted by Gasteiger charge is 2.33. The van der Waals surface area contributed by atoms with E-state index >= 15 is 0 Å². The fraction of sp³-hybridized carbons (Fsp3) is 0.235. The minimum Gasteiger partial charge on any atom is -0.480 e. The second kappa shape index (κ2) is 17.8. The number of rotatable bonds is 12. The number of nitrogens with zero attached hydrogens (tertiary/aromatic N) is 15. The van der Waals surface area contributed by atoms with Crippen LogP contribution in [0.3, 0.4) is 0 Å². The summed E-state index contributed by atoms with van der Waals surface area (Å²) in [6, 6.07) is 24.5. The number of aromatic nitrogens is 15. The predicted octanol–water partition coefficient (Wildman–Crippen LogP) is 10.2. The molecule has 8 aromatic heterocycles. The van der Waals surface area contributed by atoms with E-state index in [2.05, 4.69) is 92.4 Å². The summed E-state index contributed by atoms with van der Waals surface area (Å²) in [6.07, 6.45) is 7.67. The van der Waals surface area contributed by atoms with Gasteiger partial charge in [0.25, 0.3) is 0 Å². The predicted molar refractivity (Wildman–Crippen MR) is 272 cm³/mol. The molecule has 10 heterocycles. The highest BCUT2D eigenvalue weighted by molar-refractivity contribution is 6.33. The van der Waals surface area contributed by atoms with Gasteiger partial charge in [0.05, 0.1) is 39.7 Å². The van der Waals surface area contributed by atoms with Crippen molar-refractivity contribution in [2.24, 2.45) is 19.5 Å². The summed E-state index contributed by atoms with van der Waals surface area (Å²) < 4.78 is 47.1. The van der Waals surface area contributed by atoms with Crippen molar-refractivity contribution in [2.75, 3.05) is 16.0 Å². The number of pyridine rings is 1. The van der Waals surface area contributed by atoms with Crippen molar-refractivity contribution in [1.29, 1.82) is 0 Å². The molecule has 2 aromatic carbocycles. The first kappa shape index (κ1) is 45.4. The molecule has 22 heteroatoms. The van der Waals surface area contributed by atoms with E-state index in [1.54, 1.807) is 58.2 Å². The van der Waals surface area contributed by atoms with Crippen LogP contribution in [0.25, 0.3) is 56.8 Å². The highest BCUT2D eigenvalue weighted by atomic mass is 35.5. The number of ether oxygens (including phenoxy) is 1. The Balaban J connectivity index is 0.852. The topological polar surface area (TPSA) is 191 Å². The Labute approximate surface area is 421 Å². The Morgan fingerprint density at radius 1 is 0.712 bits per heavy atom. The van der Waals surface area contributed by atoms with Crippen LogP contribution in [0.15, 0.2) is 110 Å². The lowest BCUT2D eigenvalue weighted by Gasteiger charge is -2.25. The molecule has 0 radical (unpaired) electrons. The summed E-state index contributed by atoms with van der Waals surface area (Å²) in [7, 11) is 3.68. The van der Waals surface area contributed by atoms with Crippen LogP contribution in [0.5, 0.6) is 5.75 Å². The molecule has 368 valence electrons. The fourth-order valence-electron chi connectivity index (χ4n) is 9.52. The monoisotopic (exact) mass is 1000 g/mol. The molecule has 0 fully saturated rings. The van der Waals surface area contributed by atoms with Gasteiger partial charge in [-0.1, -0.05) is 49.7 Å². The third-order valence-electron chi connectivity index (χ3n) is 13.0. The third kappa shape index (κ3) is 8.59. The number of halogens is 3. The number of hydrogen-bond acceptors (Lipinski definition) is 13. The molecular formula is C51H47ClF2N18O. The summed E-state index contributed by atoms with van der Waals surface area (Å²) >= 11 is 6.87. The molecule has 2 aliphatic heterocycles. The van der Waals surface area contributed by atoms with Crippen LogP contribution < -0.4 is 20.7 Å². The number of fused-ring (bicyclic) bond motifs is 6. The zero-order valence-corrected chi connectivity index (χ0v) is 41.0. The first-order chi connectivity index (χ1) is 35.3. The third-order valence-corrected chi connectivity index (χ3v) is 13.3. The van der Waals surface area contributed by atoms with E-state index in [1.165, 1.54) is 12.1 Å². The molecular weight excluding hydrogens is 954 g/mol. The molecule has 0 bridgehead atoms. The van der Waals surface area contributed by atoms with E-state index in [9.17, 15) is 8.78 Å². The largest absolute Gasteiger partial charge is 0.480 e. The average molecular weight is 1000 g/mol. The molecule has 0 spiro atoms. The number of benzene rings is 2. The van der Waals surface area contributed by atoms with E-state index in [0.29, 0.717) is 94.2 Å². The number of nitrogens with one attached hydrogen (secondary N) is 3. The number of hydrogen-bond donors (Lipinski definition) is 3. The first-order valence-corrected chi connectivity index (χ1v) is 24.0. The van der Waals surface area contributed by atoms with Gasteiger partial charge in [0.1, 0.15) is 29.0 Å². The van der Waals surface area contributed by atoms with Crippen LogP contribution in [0, 0.1) is 17.0 Å². The van der Waals surface area contributed by atoms with Gasteiger partial charge in [-0.2, -0.15) is 10.2 Å². The lowest BCUT2D eigenvalue weighted by molar-refractivity contribution is 0.191. The van der Waals surface area contributed by atoms with Crippen molar-refractivity contribution >= 4 is 46.6 Å². The Bertz CT molecular complexity index is 3730. The molecule has 2 aliphatic rings. The lowest BCUT2D eigenvalue weighted by Crippen LogP contribution is -2.25. The summed E-state index contributed by atoms with van der Waals surface area (Å²) in [5.41, 5.74) is 6.03. The molecule has 0 amide bonds. The average Bonchev–Trinajstić information content (AvgIpc) is 4.24. The van der Waals surface area contributed by atoms with Gasteiger partial charge in [0, 0.05) is 93.1 Å². The normalized spacial score (nSPS) is 14.1. The zero-order chi connectivity index (χ0) is 50.1. The van der Waals surface area contributed by atoms with Crippen molar-refractivity contribution in [2.45, 2.75) is 59.5 Å². The zero-order valence-electron chi connectivity index (χ0n) is 40.3. The van der Waals surface area contributed by atoms with Crippen molar-refractivity contribution in [3.8, 4) is 62.6 Å². The second-order valence-electron chi connectivity index (χ2n) is 19.0. The van der Waals surface area contributed by atoms with E-state index in [1.807, 2.05) is 55.9 Å². The molecule has 10 aromatic rings. The molecule has 0 aliphatic carbocycles. The Morgan fingerprint density at radius 2 is 1.47 bits per heavy atom. The molecule has 0 saturated heterocycles. The van der Waals surface area contributed by atoms with E-state index in [4.69, 9.17) is 31.4 Å². The van der Waals surface area contributed by atoms with Crippen LogP contribution in [0.1, 0.15) is 39.1 Å². The molecule has 73 heavy (non-hydrogen) atoms. The standard InChI is InChI=1S/C51H47ClF2N18O/c1-29(73-42-14-9-7-12-35(42)54)46-62-63-48-41-20-31(26-70(41)27-51(2,3)28-72(46)48)37-22-38(58-49(57-37)61-44-15-16-56-67(44)4)39-23-45(68(5)66-39)60-43-21-32(33(52)24-55-43)30-19-40-47-64-65-50(59-36-13-8-6-11-34(36)53)71(47)18-10-17-69(40)25-30/h6-9,11-16,19-26,29H,10,17-18,27-28H2,1-5H3,(H,55,60)(H,59,65)(H,57,58,61)/t29-/m0/s1. The van der Waals surface area contributed by atoms with Crippen LogP contribution in [0.2, 0.25) is 5.02 Å². The molecule has 3 N–H and O–H groups in total. The maximum absolute atomic E-state index is 14.7. The lowest BCUT2D eigenvalue weighted by atomic mass is 9.93. The Kier molecular flexibility index (Phi) is 11.1. The molecule has 0 unspecified atom stereocenters. The van der Waals surface area contributed by atoms with Crippen LogP contribution >= 0.6 is 11.6 Å². The summed E-state index contributed by atoms with van der Waals surface area (Å²) in [5.74, 6) is 3.94. The van der Waals surface area contributed by atoms with Gasteiger partial charge in [-0.3, -0.25) is 13.9 Å². The quantitative estimate of drug-likeness (QED) is 0.105. The van der Waals surface area contributed by atoms with Crippen LogP contribution in [0.4, 0.5) is 43.8 Å². The van der Waals surface area contributed by atoms with Gasteiger partial charge < -0.3 is 34.4 Å². The summed E-state index contributed by atoms with van der Waals surface area (Å²) in [5, 5.41) is 37.8. The summed E-state index contributed by atoms with van der Waals surface area (Å²) in [6.45, 7) is 8.92. The molecule has 0 saturated carbocycles. The SMILES string of the molecule is C[C@H](Oc1ccccc1F)c1nnc2n1CC(C)(C)Cn1cc(-c3cc(-c4cc(Nc5cc(-c6cc7n(c6)CCCn6c(Nc8ccccc8F)nnc6-7)c(Cl)cn5)n(C)n4)nc(Nc4ccnn4C)n3)cc1-2. The smallest absolute Gasteiger partial charge is 0.229 e. The van der Waals surface area contributed by atoms with Crippen molar-refractivity contribution < 1.29 is 13.5 Å². The van der Waals surface area contributed by atoms with Gasteiger partial charge in [0.2, 0.25) is 11.9 Å².